The van der Waals surface area contributed by atoms with Crippen molar-refractivity contribution in [1.82, 2.24) is 5.32 Å². The van der Waals surface area contributed by atoms with Crippen LogP contribution < -0.4 is 10.6 Å². The van der Waals surface area contributed by atoms with Crippen LogP contribution in [0.5, 0.6) is 0 Å². The van der Waals surface area contributed by atoms with E-state index in [0.29, 0.717) is 6.42 Å². The Balaban J connectivity index is 1.45. The Morgan fingerprint density at radius 1 is 1.04 bits per heavy atom. The van der Waals surface area contributed by atoms with Crippen molar-refractivity contribution in [3.63, 3.8) is 0 Å². The van der Waals surface area contributed by atoms with Gasteiger partial charge in [-0.15, -0.1) is 0 Å². The maximum absolute atomic E-state index is 12.1. The lowest BCUT2D eigenvalue weighted by atomic mass is 10.1. The van der Waals surface area contributed by atoms with Gasteiger partial charge < -0.3 is 10.6 Å². The van der Waals surface area contributed by atoms with E-state index in [-0.39, 0.29) is 23.6 Å². The molecule has 1 atom stereocenters. The average molecular weight is 342 g/mol. The molecule has 6 heteroatoms. The predicted molar refractivity (Wildman–Crippen MR) is 93.9 cm³/mol. The van der Waals surface area contributed by atoms with Gasteiger partial charge in [-0.3, -0.25) is 0 Å². The van der Waals surface area contributed by atoms with Gasteiger partial charge in [-0.05, 0) is 47.2 Å². The topological polar surface area (TPSA) is 75.3 Å². The molecule has 0 unspecified atom stereocenters. The highest BCUT2D eigenvalue weighted by atomic mass is 32.2. The summed E-state index contributed by atoms with van der Waals surface area (Å²) >= 11 is 0. The molecule has 124 valence electrons. The summed E-state index contributed by atoms with van der Waals surface area (Å²) in [6.07, 6.45) is 1.35. The van der Waals surface area contributed by atoms with Gasteiger partial charge in [0.2, 0.25) is 0 Å². The molecule has 0 spiro atoms. The number of nitrogens with one attached hydrogen (secondary N) is 2. The van der Waals surface area contributed by atoms with Crippen LogP contribution in [0.4, 0.5) is 10.5 Å². The van der Waals surface area contributed by atoms with Gasteiger partial charge in [0.05, 0.1) is 11.5 Å². The number of urea groups is 1. The van der Waals surface area contributed by atoms with E-state index in [9.17, 15) is 13.2 Å². The summed E-state index contributed by atoms with van der Waals surface area (Å²) in [5.41, 5.74) is 5.67. The molecule has 2 aromatic rings. The SMILES string of the molecule is O=C(Nc1ccc2c(c1)Cc1ccccc1-2)N[C@H]1CCS(=O)(=O)C1. The van der Waals surface area contributed by atoms with Crippen LogP contribution in [0.1, 0.15) is 17.5 Å². The molecule has 1 heterocycles. The molecule has 0 aromatic heterocycles. The highest BCUT2D eigenvalue weighted by Gasteiger charge is 2.29. The minimum atomic E-state index is -3.00. The minimum absolute atomic E-state index is 0.0277. The largest absolute Gasteiger partial charge is 0.334 e. The van der Waals surface area contributed by atoms with Gasteiger partial charge in [0, 0.05) is 11.7 Å². The summed E-state index contributed by atoms with van der Waals surface area (Å²) in [7, 11) is -3.00. The number of hydrogen-bond donors (Lipinski definition) is 2. The minimum Gasteiger partial charge on any atom is -0.334 e. The van der Waals surface area contributed by atoms with E-state index in [1.165, 1.54) is 22.3 Å². The number of benzene rings is 2. The predicted octanol–water partition coefficient (Wildman–Crippen LogP) is 2.57. The van der Waals surface area contributed by atoms with E-state index in [2.05, 4.69) is 22.8 Å². The monoisotopic (exact) mass is 342 g/mol. The van der Waals surface area contributed by atoms with Crippen LogP contribution >= 0.6 is 0 Å². The van der Waals surface area contributed by atoms with Gasteiger partial charge in [0.15, 0.2) is 9.84 Å². The molecule has 1 aliphatic carbocycles. The molecule has 24 heavy (non-hydrogen) atoms. The van der Waals surface area contributed by atoms with Crippen molar-refractivity contribution in [2.75, 3.05) is 16.8 Å². The molecule has 1 aliphatic heterocycles. The van der Waals surface area contributed by atoms with Crippen molar-refractivity contribution in [2.45, 2.75) is 18.9 Å². The molecule has 0 saturated carbocycles. The average Bonchev–Trinajstić information content (AvgIpc) is 3.06. The molecule has 1 fully saturated rings. The third-order valence-electron chi connectivity index (χ3n) is 4.62. The summed E-state index contributed by atoms with van der Waals surface area (Å²) < 4.78 is 22.9. The zero-order valence-electron chi connectivity index (χ0n) is 13.1. The molecule has 0 bridgehead atoms. The molecule has 0 radical (unpaired) electrons. The Hall–Kier alpha value is -2.34. The Bertz CT molecular complexity index is 922. The number of carbonyl (C=O) groups is 1. The fraction of sp³-hybridized carbons (Fsp3) is 0.278. The summed E-state index contributed by atoms with van der Waals surface area (Å²) in [6, 6.07) is 13.5. The third kappa shape index (κ3) is 2.89. The normalized spacial score (nSPS) is 20.2. The number of carbonyl (C=O) groups excluding carboxylic acids is 1. The van der Waals surface area contributed by atoms with Crippen LogP contribution in [0.2, 0.25) is 0 Å². The summed E-state index contributed by atoms with van der Waals surface area (Å²) in [6.45, 7) is 0. The van der Waals surface area contributed by atoms with Crippen LogP contribution in [-0.2, 0) is 16.3 Å². The van der Waals surface area contributed by atoms with Crippen LogP contribution in [-0.4, -0.2) is 32.0 Å². The van der Waals surface area contributed by atoms with Crippen LogP contribution in [0.15, 0.2) is 42.5 Å². The van der Waals surface area contributed by atoms with E-state index < -0.39 is 9.84 Å². The summed E-state index contributed by atoms with van der Waals surface area (Å²) in [5.74, 6) is 0.176. The van der Waals surface area contributed by atoms with Crippen molar-refractivity contribution in [1.29, 1.82) is 0 Å². The van der Waals surface area contributed by atoms with E-state index in [0.717, 1.165) is 12.1 Å². The number of rotatable bonds is 2. The zero-order chi connectivity index (χ0) is 16.7. The molecule has 5 nitrogen and oxygen atoms in total. The van der Waals surface area contributed by atoms with E-state index in [1.54, 1.807) is 0 Å². The molecule has 1 saturated heterocycles. The van der Waals surface area contributed by atoms with E-state index in [1.807, 2.05) is 30.3 Å². The van der Waals surface area contributed by atoms with Crippen LogP contribution in [0, 0.1) is 0 Å². The standard InChI is InChI=1S/C18H18N2O3S/c21-18(20-15-7-8-24(22,23)11-15)19-14-5-6-17-13(10-14)9-12-3-1-2-4-16(12)17/h1-6,10,15H,7-9,11H2,(H2,19,20,21)/t15-/m0/s1. The summed E-state index contributed by atoms with van der Waals surface area (Å²) in [4.78, 5) is 12.1. The first kappa shape index (κ1) is 15.2. The fourth-order valence-electron chi connectivity index (χ4n) is 3.48. The molecule has 2 N–H and O–H groups in total. The third-order valence-corrected chi connectivity index (χ3v) is 6.39. The van der Waals surface area contributed by atoms with Crippen molar-refractivity contribution in [3.05, 3.63) is 53.6 Å². The second-order valence-corrected chi connectivity index (χ2v) is 8.63. The Morgan fingerprint density at radius 3 is 2.62 bits per heavy atom. The Morgan fingerprint density at radius 2 is 1.83 bits per heavy atom. The first-order valence-corrected chi connectivity index (χ1v) is 9.81. The lowest BCUT2D eigenvalue weighted by Gasteiger charge is -2.13. The quantitative estimate of drug-likeness (QED) is 0.751. The van der Waals surface area contributed by atoms with E-state index >= 15 is 0 Å². The molecule has 2 amide bonds. The fourth-order valence-corrected chi connectivity index (χ4v) is 5.16. The van der Waals surface area contributed by atoms with Gasteiger partial charge in [0.25, 0.3) is 0 Å². The number of fused-ring (bicyclic) bond motifs is 3. The molecule has 4 rings (SSSR count). The molecule has 2 aromatic carbocycles. The van der Waals surface area contributed by atoms with Crippen molar-refractivity contribution < 1.29 is 13.2 Å². The molecular weight excluding hydrogens is 324 g/mol. The van der Waals surface area contributed by atoms with Gasteiger partial charge >= 0.3 is 6.03 Å². The smallest absolute Gasteiger partial charge is 0.319 e. The van der Waals surface area contributed by atoms with Crippen LogP contribution in [0.25, 0.3) is 11.1 Å². The van der Waals surface area contributed by atoms with Gasteiger partial charge in [-0.1, -0.05) is 30.3 Å². The Labute approximate surface area is 141 Å². The lowest BCUT2D eigenvalue weighted by molar-refractivity contribution is 0.249. The van der Waals surface area contributed by atoms with Gasteiger partial charge in [-0.25, -0.2) is 13.2 Å². The second kappa shape index (κ2) is 5.63. The van der Waals surface area contributed by atoms with Gasteiger partial charge in [0.1, 0.15) is 0 Å². The highest BCUT2D eigenvalue weighted by molar-refractivity contribution is 7.91. The van der Waals surface area contributed by atoms with Crippen LogP contribution in [0.3, 0.4) is 0 Å². The lowest BCUT2D eigenvalue weighted by Crippen LogP contribution is -2.38. The van der Waals surface area contributed by atoms with Crippen molar-refractivity contribution in [3.8, 4) is 11.1 Å². The Kier molecular flexibility index (Phi) is 3.57. The number of anilines is 1. The number of sulfone groups is 1. The summed E-state index contributed by atoms with van der Waals surface area (Å²) in [5, 5.41) is 5.55. The van der Waals surface area contributed by atoms with Gasteiger partial charge in [-0.2, -0.15) is 0 Å². The maximum atomic E-state index is 12.1. The first-order valence-electron chi connectivity index (χ1n) is 7.99. The van der Waals surface area contributed by atoms with Crippen molar-refractivity contribution >= 4 is 21.6 Å². The number of hydrogen-bond acceptors (Lipinski definition) is 3. The molecular formula is C18H18N2O3S. The maximum Gasteiger partial charge on any atom is 0.319 e. The number of amides is 2. The second-order valence-electron chi connectivity index (χ2n) is 6.40. The molecule has 2 aliphatic rings. The van der Waals surface area contributed by atoms with Crippen molar-refractivity contribution in [2.24, 2.45) is 0 Å². The zero-order valence-corrected chi connectivity index (χ0v) is 13.9. The first-order chi connectivity index (χ1) is 11.5. The highest BCUT2D eigenvalue weighted by Crippen LogP contribution is 2.37. The van der Waals surface area contributed by atoms with E-state index in [4.69, 9.17) is 0 Å².